The second kappa shape index (κ2) is 6.04. The van der Waals surface area contributed by atoms with Crippen LogP contribution < -0.4 is 4.74 Å². The molecule has 5 heteroatoms. The highest BCUT2D eigenvalue weighted by molar-refractivity contribution is 5.66. The van der Waals surface area contributed by atoms with E-state index in [1.807, 2.05) is 35.8 Å². The van der Waals surface area contributed by atoms with E-state index in [0.717, 1.165) is 17.1 Å². The number of ether oxygens (including phenoxy) is 1. The zero-order valence-electron chi connectivity index (χ0n) is 10.7. The highest BCUT2D eigenvalue weighted by Crippen LogP contribution is 2.21. The Bertz CT molecular complexity index is 546. The van der Waals surface area contributed by atoms with Gasteiger partial charge in [-0.1, -0.05) is 0 Å². The zero-order valence-corrected chi connectivity index (χ0v) is 10.7. The number of carboxylic acid groups (broad SMARTS) is 1. The summed E-state index contributed by atoms with van der Waals surface area (Å²) in [6, 6.07) is 7.61. The van der Waals surface area contributed by atoms with E-state index in [-0.39, 0.29) is 6.42 Å². The van der Waals surface area contributed by atoms with Crippen LogP contribution in [0.25, 0.3) is 11.4 Å². The van der Waals surface area contributed by atoms with E-state index in [1.165, 1.54) is 0 Å². The highest BCUT2D eigenvalue weighted by Gasteiger charge is 2.07. The van der Waals surface area contributed by atoms with Crippen molar-refractivity contribution in [3.63, 3.8) is 0 Å². The lowest BCUT2D eigenvalue weighted by molar-refractivity contribution is -0.137. The Kier molecular flexibility index (Phi) is 4.18. The molecule has 0 fully saturated rings. The fourth-order valence-electron chi connectivity index (χ4n) is 1.83. The van der Waals surface area contributed by atoms with Crippen LogP contribution >= 0.6 is 0 Å². The number of nitrogens with zero attached hydrogens (tertiary/aromatic N) is 2. The van der Waals surface area contributed by atoms with Crippen LogP contribution in [-0.4, -0.2) is 27.2 Å². The molecular formula is C14H16N2O3. The molecule has 0 bridgehead atoms. The van der Waals surface area contributed by atoms with Gasteiger partial charge in [-0.15, -0.1) is 0 Å². The summed E-state index contributed by atoms with van der Waals surface area (Å²) in [6.45, 7) is 2.98. The standard InChI is InChI=1S/C14H16N2O3/c1-2-19-12-5-3-11(4-6-12)14-15-8-10-16(14)9-7-13(17)18/h3-6,8,10H,2,7,9H2,1H3,(H,17,18). The lowest BCUT2D eigenvalue weighted by Gasteiger charge is -2.07. The Hall–Kier alpha value is -2.30. The number of carbonyl (C=O) groups is 1. The van der Waals surface area contributed by atoms with Crippen LogP contribution in [0.4, 0.5) is 0 Å². The van der Waals surface area contributed by atoms with Crippen molar-refractivity contribution in [2.24, 2.45) is 0 Å². The number of imidazole rings is 1. The quantitative estimate of drug-likeness (QED) is 0.866. The van der Waals surface area contributed by atoms with Gasteiger partial charge in [-0.05, 0) is 31.2 Å². The molecule has 0 unspecified atom stereocenters. The predicted molar refractivity (Wildman–Crippen MR) is 71.1 cm³/mol. The van der Waals surface area contributed by atoms with Gasteiger partial charge in [0.25, 0.3) is 0 Å². The maximum atomic E-state index is 10.6. The number of aromatic nitrogens is 2. The van der Waals surface area contributed by atoms with Gasteiger partial charge in [-0.2, -0.15) is 0 Å². The minimum Gasteiger partial charge on any atom is -0.494 e. The first-order valence-corrected chi connectivity index (χ1v) is 6.17. The predicted octanol–water partition coefficient (Wildman–Crippen LogP) is 2.42. The van der Waals surface area contributed by atoms with Crippen LogP contribution in [0.5, 0.6) is 5.75 Å². The van der Waals surface area contributed by atoms with Gasteiger partial charge in [0.2, 0.25) is 0 Å². The lowest BCUT2D eigenvalue weighted by Crippen LogP contribution is -2.05. The fourth-order valence-corrected chi connectivity index (χ4v) is 1.83. The summed E-state index contributed by atoms with van der Waals surface area (Å²) in [5, 5.41) is 8.72. The van der Waals surface area contributed by atoms with Gasteiger partial charge in [0.05, 0.1) is 13.0 Å². The topological polar surface area (TPSA) is 64.4 Å². The molecular weight excluding hydrogens is 244 g/mol. The Morgan fingerprint density at radius 3 is 2.74 bits per heavy atom. The zero-order chi connectivity index (χ0) is 13.7. The highest BCUT2D eigenvalue weighted by atomic mass is 16.5. The van der Waals surface area contributed by atoms with Crippen molar-refractivity contribution in [1.82, 2.24) is 9.55 Å². The summed E-state index contributed by atoms with van der Waals surface area (Å²) >= 11 is 0. The van der Waals surface area contributed by atoms with Crippen molar-refractivity contribution in [1.29, 1.82) is 0 Å². The minimum absolute atomic E-state index is 0.0837. The molecule has 100 valence electrons. The third-order valence-electron chi connectivity index (χ3n) is 2.71. The van der Waals surface area contributed by atoms with Crippen molar-refractivity contribution in [2.75, 3.05) is 6.61 Å². The van der Waals surface area contributed by atoms with E-state index in [4.69, 9.17) is 9.84 Å². The van der Waals surface area contributed by atoms with Gasteiger partial charge in [-0.25, -0.2) is 4.98 Å². The molecule has 0 aliphatic rings. The molecule has 0 amide bonds. The molecule has 0 atom stereocenters. The van der Waals surface area contributed by atoms with E-state index < -0.39 is 5.97 Å². The molecule has 5 nitrogen and oxygen atoms in total. The second-order valence-electron chi connectivity index (χ2n) is 4.05. The Labute approximate surface area is 111 Å². The first-order chi connectivity index (χ1) is 9.20. The average Bonchev–Trinajstić information content (AvgIpc) is 2.86. The van der Waals surface area contributed by atoms with Crippen molar-refractivity contribution >= 4 is 5.97 Å². The molecule has 2 rings (SSSR count). The number of carboxylic acids is 1. The van der Waals surface area contributed by atoms with Gasteiger partial charge in [0.1, 0.15) is 11.6 Å². The largest absolute Gasteiger partial charge is 0.494 e. The third-order valence-corrected chi connectivity index (χ3v) is 2.71. The third kappa shape index (κ3) is 3.34. The summed E-state index contributed by atoms with van der Waals surface area (Å²) < 4.78 is 7.22. The minimum atomic E-state index is -0.814. The van der Waals surface area contributed by atoms with Crippen LogP contribution in [0.3, 0.4) is 0 Å². The average molecular weight is 260 g/mol. The van der Waals surface area contributed by atoms with Gasteiger partial charge in [-0.3, -0.25) is 4.79 Å². The second-order valence-corrected chi connectivity index (χ2v) is 4.05. The first kappa shape index (κ1) is 13.1. The summed E-state index contributed by atoms with van der Waals surface area (Å²) in [5.74, 6) is 0.769. The smallest absolute Gasteiger partial charge is 0.305 e. The fraction of sp³-hybridized carbons (Fsp3) is 0.286. The summed E-state index contributed by atoms with van der Waals surface area (Å²) in [6.07, 6.45) is 3.54. The van der Waals surface area contributed by atoms with Gasteiger partial charge >= 0.3 is 5.97 Å². The van der Waals surface area contributed by atoms with Crippen LogP contribution in [0.15, 0.2) is 36.7 Å². The molecule has 19 heavy (non-hydrogen) atoms. The maximum absolute atomic E-state index is 10.6. The van der Waals surface area contributed by atoms with Gasteiger partial charge in [0.15, 0.2) is 0 Å². The maximum Gasteiger partial charge on any atom is 0.305 e. The number of aryl methyl sites for hydroxylation is 1. The summed E-state index contributed by atoms with van der Waals surface area (Å²) in [7, 11) is 0. The number of rotatable bonds is 6. The van der Waals surface area contributed by atoms with Crippen molar-refractivity contribution in [2.45, 2.75) is 19.9 Å². The van der Waals surface area contributed by atoms with Crippen LogP contribution in [0.1, 0.15) is 13.3 Å². The van der Waals surface area contributed by atoms with Gasteiger partial charge < -0.3 is 14.4 Å². The van der Waals surface area contributed by atoms with Gasteiger partial charge in [0, 0.05) is 24.5 Å². The monoisotopic (exact) mass is 260 g/mol. The number of hydrogen-bond acceptors (Lipinski definition) is 3. The molecule has 1 aromatic carbocycles. The molecule has 1 heterocycles. The van der Waals surface area contributed by atoms with E-state index in [1.54, 1.807) is 12.4 Å². The SMILES string of the molecule is CCOc1ccc(-c2nccn2CCC(=O)O)cc1. The van der Waals surface area contributed by atoms with Crippen molar-refractivity contribution in [3.05, 3.63) is 36.7 Å². The lowest BCUT2D eigenvalue weighted by atomic mass is 10.2. The van der Waals surface area contributed by atoms with E-state index in [9.17, 15) is 4.79 Å². The molecule has 0 saturated heterocycles. The number of hydrogen-bond donors (Lipinski definition) is 1. The first-order valence-electron chi connectivity index (χ1n) is 6.17. The Morgan fingerprint density at radius 2 is 2.11 bits per heavy atom. The van der Waals surface area contributed by atoms with E-state index in [2.05, 4.69) is 4.98 Å². The Balaban J connectivity index is 2.17. The van der Waals surface area contributed by atoms with Crippen molar-refractivity contribution < 1.29 is 14.6 Å². The van der Waals surface area contributed by atoms with Crippen LogP contribution in [0, 0.1) is 0 Å². The van der Waals surface area contributed by atoms with E-state index in [0.29, 0.717) is 13.2 Å². The summed E-state index contributed by atoms with van der Waals surface area (Å²) in [4.78, 5) is 14.9. The molecule has 2 aromatic rings. The molecule has 0 aliphatic carbocycles. The molecule has 0 spiro atoms. The molecule has 1 aromatic heterocycles. The molecule has 0 saturated carbocycles. The number of benzene rings is 1. The molecule has 0 radical (unpaired) electrons. The van der Waals surface area contributed by atoms with Crippen molar-refractivity contribution in [3.8, 4) is 17.1 Å². The van der Waals surface area contributed by atoms with Crippen LogP contribution in [0.2, 0.25) is 0 Å². The normalized spacial score (nSPS) is 10.4. The molecule has 0 aliphatic heterocycles. The van der Waals surface area contributed by atoms with E-state index >= 15 is 0 Å². The van der Waals surface area contributed by atoms with Crippen LogP contribution in [-0.2, 0) is 11.3 Å². The summed E-state index contributed by atoms with van der Waals surface area (Å²) in [5.41, 5.74) is 0.943. The Morgan fingerprint density at radius 1 is 1.37 bits per heavy atom. The number of aliphatic carboxylic acids is 1. The molecule has 1 N–H and O–H groups in total.